The summed E-state index contributed by atoms with van der Waals surface area (Å²) >= 11 is 0. The molecule has 0 fully saturated rings. The van der Waals surface area contributed by atoms with Gasteiger partial charge in [0.2, 0.25) is 0 Å². The van der Waals surface area contributed by atoms with Crippen molar-refractivity contribution >= 4 is 29.3 Å². The Kier molecular flexibility index (Phi) is 7.08. The summed E-state index contributed by atoms with van der Waals surface area (Å²) in [6, 6.07) is 10.4. The largest absolute Gasteiger partial charge is 0.493 e. The van der Waals surface area contributed by atoms with Gasteiger partial charge in [0.1, 0.15) is 11.6 Å². The molecule has 10 heteroatoms. The molecule has 0 radical (unpaired) electrons. The third kappa shape index (κ3) is 5.56. The molecule has 0 unspecified atom stereocenters. The number of rotatable bonds is 8. The number of carbonyl (C=O) groups is 2. The Morgan fingerprint density at radius 1 is 1.27 bits per heavy atom. The molecule has 30 heavy (non-hydrogen) atoms. The van der Waals surface area contributed by atoms with Crippen LogP contribution < -0.4 is 20.5 Å². The number of methoxy groups -OCH3 is 1. The van der Waals surface area contributed by atoms with Crippen LogP contribution in [0.25, 0.3) is 6.08 Å². The second-order valence-electron chi connectivity index (χ2n) is 6.04. The Hall–Kier alpha value is -4.39. The highest BCUT2D eigenvalue weighted by Gasteiger charge is 2.13. The van der Waals surface area contributed by atoms with Gasteiger partial charge >= 0.3 is 0 Å². The van der Waals surface area contributed by atoms with Crippen molar-refractivity contribution in [3.05, 3.63) is 63.2 Å². The number of carbonyl (C=O) groups excluding carboxylic acids is 2. The molecule has 10 nitrogen and oxygen atoms in total. The molecular weight excluding hydrogens is 392 g/mol. The number of nitro groups is 1. The van der Waals surface area contributed by atoms with Gasteiger partial charge in [0.15, 0.2) is 18.1 Å². The number of hydrogen-bond acceptors (Lipinski definition) is 7. The minimum Gasteiger partial charge on any atom is -0.493 e. The number of nitrogens with zero attached hydrogens (tertiary/aromatic N) is 2. The van der Waals surface area contributed by atoms with Crippen molar-refractivity contribution in [2.24, 2.45) is 5.73 Å². The zero-order valence-electron chi connectivity index (χ0n) is 16.2. The van der Waals surface area contributed by atoms with Gasteiger partial charge in [0, 0.05) is 12.1 Å². The molecule has 2 aromatic rings. The van der Waals surface area contributed by atoms with E-state index in [-0.39, 0.29) is 29.4 Å². The van der Waals surface area contributed by atoms with Gasteiger partial charge in [-0.3, -0.25) is 19.7 Å². The van der Waals surface area contributed by atoms with Crippen LogP contribution in [-0.4, -0.2) is 30.5 Å². The van der Waals surface area contributed by atoms with Gasteiger partial charge in [-0.05, 0) is 36.3 Å². The van der Waals surface area contributed by atoms with E-state index in [0.717, 1.165) is 0 Å². The van der Waals surface area contributed by atoms with Crippen molar-refractivity contribution in [2.45, 2.75) is 6.92 Å². The molecule has 3 N–H and O–H groups in total. The Balaban J connectivity index is 2.11. The lowest BCUT2D eigenvalue weighted by Crippen LogP contribution is -2.21. The summed E-state index contributed by atoms with van der Waals surface area (Å²) in [4.78, 5) is 33.7. The number of nitrogens with two attached hydrogens (primary N) is 1. The smallest absolute Gasteiger partial charge is 0.271 e. The molecule has 2 aromatic carbocycles. The summed E-state index contributed by atoms with van der Waals surface area (Å²) in [6.07, 6.45) is 1.30. The number of amides is 2. The molecule has 2 amide bonds. The van der Waals surface area contributed by atoms with Gasteiger partial charge in [-0.25, -0.2) is 0 Å². The van der Waals surface area contributed by atoms with Crippen LogP contribution in [0.4, 0.5) is 11.4 Å². The number of non-ortho nitro benzene ring substituents is 1. The van der Waals surface area contributed by atoms with Crippen molar-refractivity contribution in [1.29, 1.82) is 5.26 Å². The van der Waals surface area contributed by atoms with Crippen LogP contribution in [0.1, 0.15) is 11.1 Å². The fourth-order valence-corrected chi connectivity index (χ4v) is 2.41. The van der Waals surface area contributed by atoms with Gasteiger partial charge < -0.3 is 20.5 Å². The van der Waals surface area contributed by atoms with E-state index < -0.39 is 16.7 Å². The van der Waals surface area contributed by atoms with Crippen molar-refractivity contribution in [3.63, 3.8) is 0 Å². The van der Waals surface area contributed by atoms with Crippen LogP contribution in [0.5, 0.6) is 11.5 Å². The maximum absolute atomic E-state index is 12.2. The molecule has 0 heterocycles. The van der Waals surface area contributed by atoms with Gasteiger partial charge in [-0.2, -0.15) is 5.26 Å². The number of aryl methyl sites for hydroxylation is 1. The molecule has 0 spiro atoms. The third-order valence-corrected chi connectivity index (χ3v) is 3.95. The molecule has 2 rings (SSSR count). The summed E-state index contributed by atoms with van der Waals surface area (Å²) in [5, 5.41) is 22.4. The van der Waals surface area contributed by atoms with Crippen molar-refractivity contribution in [2.75, 3.05) is 19.0 Å². The van der Waals surface area contributed by atoms with Crippen LogP contribution >= 0.6 is 0 Å². The topological polar surface area (TPSA) is 158 Å². The Labute approximate surface area is 171 Å². The number of primary amides is 1. The van der Waals surface area contributed by atoms with Crippen LogP contribution in [0, 0.1) is 28.4 Å². The minimum absolute atomic E-state index is 0.144. The van der Waals surface area contributed by atoms with Gasteiger partial charge in [0.05, 0.1) is 17.7 Å². The average Bonchev–Trinajstić information content (AvgIpc) is 2.71. The van der Waals surface area contributed by atoms with E-state index in [1.54, 1.807) is 19.1 Å². The monoisotopic (exact) mass is 410 g/mol. The van der Waals surface area contributed by atoms with E-state index in [0.29, 0.717) is 16.8 Å². The molecule has 0 aliphatic rings. The third-order valence-electron chi connectivity index (χ3n) is 3.95. The first-order chi connectivity index (χ1) is 14.2. The fraction of sp³-hybridized carbons (Fsp3) is 0.150. The highest BCUT2D eigenvalue weighted by Crippen LogP contribution is 2.29. The maximum atomic E-state index is 12.2. The molecule has 0 bridgehead atoms. The van der Waals surface area contributed by atoms with E-state index in [2.05, 4.69) is 5.32 Å². The van der Waals surface area contributed by atoms with Crippen LogP contribution in [-0.2, 0) is 9.59 Å². The number of hydrogen-bond donors (Lipinski definition) is 2. The summed E-state index contributed by atoms with van der Waals surface area (Å²) in [6.45, 7) is 1.33. The lowest BCUT2D eigenvalue weighted by molar-refractivity contribution is -0.384. The molecule has 0 atom stereocenters. The number of ether oxygens (including phenoxy) is 2. The average molecular weight is 410 g/mol. The number of nitriles is 1. The Bertz CT molecular complexity index is 1070. The van der Waals surface area contributed by atoms with Crippen LogP contribution in [0.2, 0.25) is 0 Å². The molecule has 0 saturated heterocycles. The van der Waals surface area contributed by atoms with Crippen molar-refractivity contribution in [3.8, 4) is 17.6 Å². The molecule has 0 aliphatic heterocycles. The quantitative estimate of drug-likeness (QED) is 0.292. The highest BCUT2D eigenvalue weighted by atomic mass is 16.6. The van der Waals surface area contributed by atoms with E-state index in [1.165, 1.54) is 43.5 Å². The standard InChI is InChI=1S/C20H18N4O6/c1-12-3-5-15(24(27)28)9-16(12)23-19(25)11-30-17-6-4-13(8-18(17)29-2)7-14(10-21)20(22)26/h3-9H,11H2,1-2H3,(H2,22,26)(H,23,25)/b14-7+. The first-order valence-electron chi connectivity index (χ1n) is 8.52. The number of anilines is 1. The predicted molar refractivity (Wildman–Crippen MR) is 108 cm³/mol. The highest BCUT2D eigenvalue weighted by molar-refractivity contribution is 6.00. The van der Waals surface area contributed by atoms with Crippen molar-refractivity contribution in [1.82, 2.24) is 0 Å². The summed E-state index contributed by atoms with van der Waals surface area (Å²) in [5.41, 5.74) is 6.18. The van der Waals surface area contributed by atoms with E-state index in [4.69, 9.17) is 20.5 Å². The maximum Gasteiger partial charge on any atom is 0.271 e. The lowest BCUT2D eigenvalue weighted by Gasteiger charge is -2.12. The normalized spacial score (nSPS) is 10.6. The van der Waals surface area contributed by atoms with E-state index in [9.17, 15) is 19.7 Å². The van der Waals surface area contributed by atoms with Gasteiger partial charge in [-0.1, -0.05) is 12.1 Å². The van der Waals surface area contributed by atoms with E-state index in [1.807, 2.05) is 0 Å². The summed E-state index contributed by atoms with van der Waals surface area (Å²) in [7, 11) is 1.39. The SMILES string of the molecule is COc1cc(/C=C(\C#N)C(N)=O)ccc1OCC(=O)Nc1cc([N+](=O)[O-])ccc1C. The fourth-order valence-electron chi connectivity index (χ4n) is 2.41. The molecule has 154 valence electrons. The molecule has 0 saturated carbocycles. The first kappa shape index (κ1) is 21.9. The van der Waals surface area contributed by atoms with Crippen LogP contribution in [0.15, 0.2) is 42.0 Å². The van der Waals surface area contributed by atoms with E-state index >= 15 is 0 Å². The predicted octanol–water partition coefficient (Wildman–Crippen LogP) is 2.32. The molecule has 0 aliphatic carbocycles. The van der Waals surface area contributed by atoms with Crippen LogP contribution in [0.3, 0.4) is 0 Å². The molecule has 0 aromatic heterocycles. The second-order valence-corrected chi connectivity index (χ2v) is 6.04. The number of nitro benzene ring substituents is 1. The lowest BCUT2D eigenvalue weighted by atomic mass is 10.1. The summed E-state index contributed by atoms with van der Waals surface area (Å²) < 4.78 is 10.7. The zero-order valence-corrected chi connectivity index (χ0v) is 16.2. The zero-order chi connectivity index (χ0) is 22.3. The number of benzene rings is 2. The number of nitrogens with one attached hydrogen (secondary N) is 1. The second kappa shape index (κ2) is 9.70. The summed E-state index contributed by atoms with van der Waals surface area (Å²) in [5.74, 6) is -0.863. The minimum atomic E-state index is -0.857. The Morgan fingerprint density at radius 3 is 2.60 bits per heavy atom. The first-order valence-corrected chi connectivity index (χ1v) is 8.52. The molecular formula is C20H18N4O6. The Morgan fingerprint density at radius 2 is 2.00 bits per heavy atom. The van der Waals surface area contributed by atoms with Crippen molar-refractivity contribution < 1.29 is 24.0 Å². The van der Waals surface area contributed by atoms with Gasteiger partial charge in [0.25, 0.3) is 17.5 Å². The van der Waals surface area contributed by atoms with Gasteiger partial charge in [-0.15, -0.1) is 0 Å².